The van der Waals surface area contributed by atoms with Crippen LogP contribution >= 0.6 is 0 Å². The maximum Gasteiger partial charge on any atom is 0.170 e. The molecule has 21 heavy (non-hydrogen) atoms. The molecule has 5 heteroatoms. The average Bonchev–Trinajstić information content (AvgIpc) is 2.98. The molecule has 2 rings (SSSR count). The van der Waals surface area contributed by atoms with Crippen molar-refractivity contribution in [3.63, 3.8) is 0 Å². The molecule has 1 aromatic carbocycles. The summed E-state index contributed by atoms with van der Waals surface area (Å²) in [4.78, 5) is 2.52. The van der Waals surface area contributed by atoms with Crippen molar-refractivity contribution in [1.82, 2.24) is 10.2 Å². The molecule has 5 nitrogen and oxygen atoms in total. The molecular formula is C16H26N4O. The maximum atomic E-state index is 8.71. The van der Waals surface area contributed by atoms with Crippen LogP contribution in [0.15, 0.2) is 23.4 Å². The number of likely N-dealkylation sites (tertiary alicyclic amines) is 1. The summed E-state index contributed by atoms with van der Waals surface area (Å²) in [5.74, 6) is 0.153. The van der Waals surface area contributed by atoms with Crippen LogP contribution < -0.4 is 11.1 Å². The van der Waals surface area contributed by atoms with E-state index in [4.69, 9.17) is 10.9 Å². The highest BCUT2D eigenvalue weighted by Gasteiger charge is 2.14. The summed E-state index contributed by atoms with van der Waals surface area (Å²) in [6.45, 7) is 8.71. The molecule has 1 aliphatic rings. The second-order valence-corrected chi connectivity index (χ2v) is 5.92. The highest BCUT2D eigenvalue weighted by Crippen LogP contribution is 2.12. The van der Waals surface area contributed by atoms with E-state index < -0.39 is 0 Å². The van der Waals surface area contributed by atoms with Gasteiger partial charge in [-0.05, 0) is 57.0 Å². The number of rotatable bonds is 6. The minimum atomic E-state index is 0.153. The van der Waals surface area contributed by atoms with Crippen LogP contribution in [0, 0.1) is 6.92 Å². The van der Waals surface area contributed by atoms with E-state index >= 15 is 0 Å². The van der Waals surface area contributed by atoms with Crippen LogP contribution in [0.1, 0.15) is 36.5 Å². The summed E-state index contributed by atoms with van der Waals surface area (Å²) in [6.07, 6.45) is 2.67. The van der Waals surface area contributed by atoms with E-state index in [1.54, 1.807) is 0 Å². The Bertz CT molecular complexity index is 495. The van der Waals surface area contributed by atoms with Crippen molar-refractivity contribution in [3.8, 4) is 0 Å². The first-order valence-electron chi connectivity index (χ1n) is 7.63. The monoisotopic (exact) mass is 290 g/mol. The molecule has 1 unspecified atom stereocenters. The zero-order valence-corrected chi connectivity index (χ0v) is 13.0. The lowest BCUT2D eigenvalue weighted by atomic mass is 10.0. The minimum absolute atomic E-state index is 0.153. The van der Waals surface area contributed by atoms with E-state index in [0.717, 1.165) is 24.2 Å². The first-order chi connectivity index (χ1) is 10.1. The predicted octanol–water partition coefficient (Wildman–Crippen LogP) is 1.66. The quantitative estimate of drug-likeness (QED) is 0.322. The van der Waals surface area contributed by atoms with Gasteiger partial charge in [-0.3, -0.25) is 0 Å². The average molecular weight is 290 g/mol. The number of nitrogens with one attached hydrogen (secondary N) is 1. The van der Waals surface area contributed by atoms with Gasteiger partial charge in [-0.1, -0.05) is 17.3 Å². The predicted molar refractivity (Wildman–Crippen MR) is 85.7 cm³/mol. The van der Waals surface area contributed by atoms with Crippen LogP contribution in [0.2, 0.25) is 0 Å². The molecule has 1 saturated heterocycles. The molecule has 1 aromatic rings. The Morgan fingerprint density at radius 3 is 2.76 bits per heavy atom. The largest absolute Gasteiger partial charge is 0.409 e. The molecule has 4 N–H and O–H groups in total. The number of hydrogen-bond acceptors (Lipinski definition) is 4. The summed E-state index contributed by atoms with van der Waals surface area (Å²) >= 11 is 0. The molecule has 116 valence electrons. The molecule has 1 atom stereocenters. The van der Waals surface area contributed by atoms with Crippen molar-refractivity contribution >= 4 is 5.84 Å². The lowest BCUT2D eigenvalue weighted by Crippen LogP contribution is -2.37. The summed E-state index contributed by atoms with van der Waals surface area (Å²) in [7, 11) is 0. The van der Waals surface area contributed by atoms with Crippen LogP contribution in [0.25, 0.3) is 0 Å². The minimum Gasteiger partial charge on any atom is -0.409 e. The van der Waals surface area contributed by atoms with Crippen LogP contribution in [0.5, 0.6) is 0 Å². The number of benzene rings is 1. The lowest BCUT2D eigenvalue weighted by molar-refractivity contribution is 0.298. The first-order valence-corrected chi connectivity index (χ1v) is 7.63. The van der Waals surface area contributed by atoms with Crippen LogP contribution in [0.3, 0.4) is 0 Å². The molecular weight excluding hydrogens is 264 g/mol. The van der Waals surface area contributed by atoms with Crippen molar-refractivity contribution in [2.75, 3.05) is 19.6 Å². The first kappa shape index (κ1) is 15.8. The number of nitrogens with zero attached hydrogens (tertiary/aromatic N) is 2. The fraction of sp³-hybridized carbons (Fsp3) is 0.562. The third-order valence-corrected chi connectivity index (χ3v) is 4.12. The van der Waals surface area contributed by atoms with E-state index in [1.165, 1.54) is 31.5 Å². The summed E-state index contributed by atoms with van der Waals surface area (Å²) in [5.41, 5.74) is 8.76. The Hall–Kier alpha value is -1.59. The standard InChI is InChI=1S/C16H26N4O/c1-12-9-14(16(17)19-21)5-6-15(12)10-18-13(2)11-20-7-3-4-8-20/h5-6,9,13,18,21H,3-4,7-8,10-11H2,1-2H3,(H2,17,19). The molecule has 1 fully saturated rings. The molecule has 1 heterocycles. The Kier molecular flexibility index (Phi) is 5.59. The van der Waals surface area contributed by atoms with Gasteiger partial charge in [-0.25, -0.2) is 0 Å². The van der Waals surface area contributed by atoms with Gasteiger partial charge in [0, 0.05) is 24.7 Å². The number of aryl methyl sites for hydroxylation is 1. The van der Waals surface area contributed by atoms with Crippen LogP contribution in [-0.4, -0.2) is 41.6 Å². The zero-order chi connectivity index (χ0) is 15.2. The molecule has 0 amide bonds. The fourth-order valence-electron chi connectivity index (χ4n) is 2.81. The Morgan fingerprint density at radius 2 is 2.14 bits per heavy atom. The van der Waals surface area contributed by atoms with Gasteiger partial charge in [-0.2, -0.15) is 0 Å². The van der Waals surface area contributed by atoms with Gasteiger partial charge in [0.15, 0.2) is 5.84 Å². The topological polar surface area (TPSA) is 73.9 Å². The molecule has 0 spiro atoms. The van der Waals surface area contributed by atoms with Crippen molar-refractivity contribution < 1.29 is 5.21 Å². The highest BCUT2D eigenvalue weighted by molar-refractivity contribution is 5.97. The number of amidine groups is 1. The zero-order valence-electron chi connectivity index (χ0n) is 13.0. The molecule has 0 saturated carbocycles. The van der Waals surface area contributed by atoms with Gasteiger partial charge < -0.3 is 21.2 Å². The van der Waals surface area contributed by atoms with Gasteiger partial charge in [0.2, 0.25) is 0 Å². The number of hydrogen-bond donors (Lipinski definition) is 3. The second-order valence-electron chi connectivity index (χ2n) is 5.92. The van der Waals surface area contributed by atoms with Crippen molar-refractivity contribution in [3.05, 3.63) is 34.9 Å². The Balaban J connectivity index is 1.87. The van der Waals surface area contributed by atoms with Gasteiger partial charge in [-0.15, -0.1) is 0 Å². The van der Waals surface area contributed by atoms with Crippen molar-refractivity contribution in [2.24, 2.45) is 10.9 Å². The van der Waals surface area contributed by atoms with E-state index in [-0.39, 0.29) is 5.84 Å². The fourth-order valence-corrected chi connectivity index (χ4v) is 2.81. The third kappa shape index (κ3) is 4.44. The molecule has 0 bridgehead atoms. The molecule has 0 aliphatic carbocycles. The normalized spacial score (nSPS) is 18.1. The lowest BCUT2D eigenvalue weighted by Gasteiger charge is -2.21. The summed E-state index contributed by atoms with van der Waals surface area (Å²) < 4.78 is 0. The van der Waals surface area contributed by atoms with Gasteiger partial charge in [0.25, 0.3) is 0 Å². The van der Waals surface area contributed by atoms with Crippen LogP contribution in [-0.2, 0) is 6.54 Å². The maximum absolute atomic E-state index is 8.71. The van der Waals surface area contributed by atoms with Crippen LogP contribution in [0.4, 0.5) is 0 Å². The van der Waals surface area contributed by atoms with Gasteiger partial charge in [0.05, 0.1) is 0 Å². The smallest absolute Gasteiger partial charge is 0.170 e. The summed E-state index contributed by atoms with van der Waals surface area (Å²) in [6, 6.07) is 6.37. The van der Waals surface area contributed by atoms with Gasteiger partial charge >= 0.3 is 0 Å². The number of nitrogens with two attached hydrogens (primary N) is 1. The third-order valence-electron chi connectivity index (χ3n) is 4.12. The molecule has 0 radical (unpaired) electrons. The molecule has 1 aliphatic heterocycles. The highest BCUT2D eigenvalue weighted by atomic mass is 16.4. The van der Waals surface area contributed by atoms with E-state index in [0.29, 0.717) is 6.04 Å². The van der Waals surface area contributed by atoms with E-state index in [9.17, 15) is 0 Å². The van der Waals surface area contributed by atoms with Gasteiger partial charge in [0.1, 0.15) is 0 Å². The van der Waals surface area contributed by atoms with E-state index in [1.807, 2.05) is 18.2 Å². The summed E-state index contributed by atoms with van der Waals surface area (Å²) in [5, 5.41) is 15.3. The Morgan fingerprint density at radius 1 is 1.43 bits per heavy atom. The Labute approximate surface area is 126 Å². The SMILES string of the molecule is Cc1cc(/C(N)=N/O)ccc1CNC(C)CN1CCCC1. The number of oxime groups is 1. The molecule has 0 aromatic heterocycles. The van der Waals surface area contributed by atoms with Crippen molar-refractivity contribution in [1.29, 1.82) is 0 Å². The van der Waals surface area contributed by atoms with Crippen molar-refractivity contribution in [2.45, 2.75) is 39.3 Å². The second kappa shape index (κ2) is 7.43. The van der Waals surface area contributed by atoms with E-state index in [2.05, 4.69) is 29.2 Å².